The van der Waals surface area contributed by atoms with Gasteiger partial charge in [0.1, 0.15) is 22.1 Å². The van der Waals surface area contributed by atoms with Crippen molar-refractivity contribution in [2.75, 3.05) is 7.11 Å². The fourth-order valence-corrected chi connectivity index (χ4v) is 4.48. The Morgan fingerprint density at radius 2 is 1.66 bits per heavy atom. The van der Waals surface area contributed by atoms with E-state index in [1.54, 1.807) is 13.8 Å². The highest BCUT2D eigenvalue weighted by Crippen LogP contribution is 2.25. The molecule has 32 heavy (non-hydrogen) atoms. The Bertz CT molecular complexity index is 1180. The van der Waals surface area contributed by atoms with Crippen molar-refractivity contribution >= 4 is 15.9 Å². The van der Waals surface area contributed by atoms with E-state index in [4.69, 9.17) is 9.47 Å². The number of carbonyl (C=O) groups excluding carboxylic acids is 1. The molecule has 0 saturated carbocycles. The minimum Gasteiger partial charge on any atom is -0.495 e. The van der Waals surface area contributed by atoms with Gasteiger partial charge >= 0.3 is 0 Å². The number of sulfonamides is 1. The van der Waals surface area contributed by atoms with Crippen LogP contribution in [-0.4, -0.2) is 27.5 Å². The molecule has 0 radical (unpaired) electrons. The molecule has 2 N–H and O–H groups in total. The zero-order valence-corrected chi connectivity index (χ0v) is 19.0. The lowest BCUT2D eigenvalue weighted by Crippen LogP contribution is -2.31. The Balaban J connectivity index is 1.73. The van der Waals surface area contributed by atoms with Crippen LogP contribution in [0.3, 0.4) is 0 Å². The number of para-hydroxylation sites is 1. The number of hydrogen-bond donors (Lipinski definition) is 2. The fourth-order valence-electron chi connectivity index (χ4n) is 3.03. The van der Waals surface area contributed by atoms with Crippen molar-refractivity contribution in [3.05, 3.63) is 83.9 Å². The van der Waals surface area contributed by atoms with Crippen LogP contribution in [0.4, 0.5) is 0 Å². The van der Waals surface area contributed by atoms with Gasteiger partial charge < -0.3 is 14.8 Å². The van der Waals surface area contributed by atoms with Gasteiger partial charge in [0, 0.05) is 18.2 Å². The summed E-state index contributed by atoms with van der Waals surface area (Å²) in [5, 5.41) is 2.81. The molecule has 168 valence electrons. The Kier molecular flexibility index (Phi) is 7.50. The summed E-state index contributed by atoms with van der Waals surface area (Å²) in [6.45, 7) is 3.69. The number of amides is 1. The SMILES string of the molecule is COc1ccc(C(=O)NCc2cccc(Oc3ccccc3)c2)cc1S(=O)(=O)NC(C)C. The third kappa shape index (κ3) is 6.09. The fraction of sp³-hybridized carbons (Fsp3) is 0.208. The lowest BCUT2D eigenvalue weighted by atomic mass is 10.1. The number of ether oxygens (including phenoxy) is 2. The molecule has 0 spiro atoms. The number of rotatable bonds is 9. The van der Waals surface area contributed by atoms with E-state index in [1.807, 2.05) is 54.6 Å². The van der Waals surface area contributed by atoms with Gasteiger partial charge in [0.2, 0.25) is 10.0 Å². The van der Waals surface area contributed by atoms with Crippen LogP contribution in [0.2, 0.25) is 0 Å². The molecule has 0 unspecified atom stereocenters. The smallest absolute Gasteiger partial charge is 0.251 e. The number of methoxy groups -OCH3 is 1. The van der Waals surface area contributed by atoms with Crippen LogP contribution in [0.25, 0.3) is 0 Å². The summed E-state index contributed by atoms with van der Waals surface area (Å²) >= 11 is 0. The molecular weight excluding hydrogens is 428 g/mol. The van der Waals surface area contributed by atoms with Gasteiger partial charge in [-0.25, -0.2) is 13.1 Å². The monoisotopic (exact) mass is 454 g/mol. The molecule has 3 aromatic rings. The number of nitrogens with one attached hydrogen (secondary N) is 2. The second-order valence-electron chi connectivity index (χ2n) is 7.39. The lowest BCUT2D eigenvalue weighted by Gasteiger charge is -2.14. The van der Waals surface area contributed by atoms with Crippen LogP contribution in [0.1, 0.15) is 29.8 Å². The van der Waals surface area contributed by atoms with Gasteiger partial charge in [0.05, 0.1) is 7.11 Å². The van der Waals surface area contributed by atoms with E-state index in [9.17, 15) is 13.2 Å². The first kappa shape index (κ1) is 23.3. The van der Waals surface area contributed by atoms with Gasteiger partial charge in [-0.1, -0.05) is 30.3 Å². The van der Waals surface area contributed by atoms with Crippen molar-refractivity contribution in [1.29, 1.82) is 0 Å². The second-order valence-corrected chi connectivity index (χ2v) is 9.07. The van der Waals surface area contributed by atoms with Crippen LogP contribution in [0.5, 0.6) is 17.2 Å². The molecule has 0 fully saturated rings. The third-order valence-corrected chi connectivity index (χ3v) is 6.12. The van der Waals surface area contributed by atoms with Gasteiger partial charge in [-0.05, 0) is 61.9 Å². The highest BCUT2D eigenvalue weighted by molar-refractivity contribution is 7.89. The summed E-state index contributed by atoms with van der Waals surface area (Å²) in [6.07, 6.45) is 0. The van der Waals surface area contributed by atoms with Crippen LogP contribution < -0.4 is 19.5 Å². The zero-order valence-electron chi connectivity index (χ0n) is 18.2. The lowest BCUT2D eigenvalue weighted by molar-refractivity contribution is 0.0950. The van der Waals surface area contributed by atoms with Gasteiger partial charge in [-0.3, -0.25) is 4.79 Å². The topological polar surface area (TPSA) is 93.7 Å². The second kappa shape index (κ2) is 10.3. The number of benzene rings is 3. The van der Waals surface area contributed by atoms with E-state index in [2.05, 4.69) is 10.0 Å². The van der Waals surface area contributed by atoms with Gasteiger partial charge in [0.25, 0.3) is 5.91 Å². The quantitative estimate of drug-likeness (QED) is 0.508. The Morgan fingerprint density at radius 1 is 0.938 bits per heavy atom. The molecule has 0 aliphatic carbocycles. The summed E-state index contributed by atoms with van der Waals surface area (Å²) in [5.41, 5.74) is 1.06. The van der Waals surface area contributed by atoms with Crippen molar-refractivity contribution < 1.29 is 22.7 Å². The van der Waals surface area contributed by atoms with Crippen molar-refractivity contribution in [2.24, 2.45) is 0 Å². The Hall–Kier alpha value is -3.36. The summed E-state index contributed by atoms with van der Waals surface area (Å²) in [7, 11) is -2.45. The zero-order chi connectivity index (χ0) is 23.1. The summed E-state index contributed by atoms with van der Waals surface area (Å²) in [5.74, 6) is 1.14. The molecule has 0 bridgehead atoms. The van der Waals surface area contributed by atoms with Gasteiger partial charge in [-0.15, -0.1) is 0 Å². The molecule has 7 nitrogen and oxygen atoms in total. The predicted octanol–water partition coefficient (Wildman–Crippen LogP) is 4.10. The third-order valence-electron chi connectivity index (χ3n) is 4.44. The van der Waals surface area contributed by atoms with Crippen molar-refractivity contribution in [1.82, 2.24) is 10.0 Å². The highest BCUT2D eigenvalue weighted by Gasteiger charge is 2.22. The highest BCUT2D eigenvalue weighted by atomic mass is 32.2. The molecule has 0 aliphatic rings. The molecule has 0 aromatic heterocycles. The van der Waals surface area contributed by atoms with E-state index in [0.717, 1.165) is 11.3 Å². The average Bonchev–Trinajstić information content (AvgIpc) is 2.77. The number of hydrogen-bond acceptors (Lipinski definition) is 5. The Labute approximate surface area is 188 Å². The molecule has 0 aliphatic heterocycles. The van der Waals surface area contributed by atoms with Gasteiger partial charge in [0.15, 0.2) is 0 Å². The van der Waals surface area contributed by atoms with Crippen molar-refractivity contribution in [3.8, 4) is 17.2 Å². The van der Waals surface area contributed by atoms with Crippen LogP contribution in [-0.2, 0) is 16.6 Å². The van der Waals surface area contributed by atoms with E-state index in [1.165, 1.54) is 25.3 Å². The molecule has 0 saturated heterocycles. The van der Waals surface area contributed by atoms with E-state index < -0.39 is 15.9 Å². The molecule has 3 rings (SSSR count). The first-order valence-electron chi connectivity index (χ1n) is 10.1. The molecule has 8 heteroatoms. The standard InChI is InChI=1S/C24H26N2O5S/c1-17(2)26-32(28,29)23-15-19(12-13-22(23)30-3)24(27)25-16-18-8-7-11-21(14-18)31-20-9-5-4-6-10-20/h4-15,17,26H,16H2,1-3H3,(H,25,27). The maximum atomic E-state index is 12.7. The largest absolute Gasteiger partial charge is 0.495 e. The normalized spacial score (nSPS) is 11.2. The summed E-state index contributed by atoms with van der Waals surface area (Å²) in [6, 6.07) is 20.8. The molecule has 3 aromatic carbocycles. The van der Waals surface area contributed by atoms with Crippen LogP contribution in [0, 0.1) is 0 Å². The van der Waals surface area contributed by atoms with E-state index in [-0.39, 0.29) is 28.8 Å². The van der Waals surface area contributed by atoms with E-state index >= 15 is 0 Å². The maximum absolute atomic E-state index is 12.7. The van der Waals surface area contributed by atoms with Crippen LogP contribution >= 0.6 is 0 Å². The average molecular weight is 455 g/mol. The van der Waals surface area contributed by atoms with Crippen LogP contribution in [0.15, 0.2) is 77.7 Å². The first-order chi connectivity index (χ1) is 15.3. The molecule has 0 heterocycles. The van der Waals surface area contributed by atoms with Crippen molar-refractivity contribution in [2.45, 2.75) is 31.3 Å². The summed E-state index contributed by atoms with van der Waals surface area (Å²) < 4.78 is 38.8. The predicted molar refractivity (Wildman–Crippen MR) is 123 cm³/mol. The van der Waals surface area contributed by atoms with Crippen molar-refractivity contribution in [3.63, 3.8) is 0 Å². The number of carbonyl (C=O) groups is 1. The maximum Gasteiger partial charge on any atom is 0.251 e. The summed E-state index contributed by atoms with van der Waals surface area (Å²) in [4.78, 5) is 12.6. The Morgan fingerprint density at radius 3 is 2.34 bits per heavy atom. The molecule has 1 amide bonds. The minimum atomic E-state index is -3.83. The van der Waals surface area contributed by atoms with E-state index in [0.29, 0.717) is 5.75 Å². The first-order valence-corrected chi connectivity index (χ1v) is 11.6. The molecular formula is C24H26N2O5S. The van der Waals surface area contributed by atoms with Gasteiger partial charge in [-0.2, -0.15) is 0 Å². The minimum absolute atomic E-state index is 0.0837. The molecule has 0 atom stereocenters.